The molecule has 2 amide bonds. The van der Waals surface area contributed by atoms with Crippen LogP contribution in [0.3, 0.4) is 0 Å². The number of rotatable bonds is 13. The third-order valence-corrected chi connectivity index (χ3v) is 8.18. The van der Waals surface area contributed by atoms with Crippen molar-refractivity contribution in [2.24, 2.45) is 0 Å². The zero-order chi connectivity index (χ0) is 30.2. The smallest absolute Gasteiger partial charge is 0.252 e. The summed E-state index contributed by atoms with van der Waals surface area (Å²) in [5, 5.41) is 3.32. The molecule has 0 spiro atoms. The van der Waals surface area contributed by atoms with Crippen LogP contribution in [0, 0.1) is 5.82 Å². The number of hydrogen-bond donors (Lipinski definition) is 1. The zero-order valence-electron chi connectivity index (χ0n) is 24.4. The van der Waals surface area contributed by atoms with Gasteiger partial charge in [0.15, 0.2) is 5.11 Å². The number of nitrogens with one attached hydrogen (secondary N) is 1. The molecule has 9 nitrogen and oxygen atoms in total. The molecule has 2 saturated heterocycles. The van der Waals surface area contributed by atoms with Crippen molar-refractivity contribution in [3.63, 3.8) is 0 Å². The van der Waals surface area contributed by atoms with Crippen molar-refractivity contribution in [2.45, 2.75) is 38.8 Å². The maximum Gasteiger partial charge on any atom is 0.252 e. The number of anilines is 2. The summed E-state index contributed by atoms with van der Waals surface area (Å²) in [7, 11) is 0. The molecule has 1 N–H and O–H groups in total. The summed E-state index contributed by atoms with van der Waals surface area (Å²) in [6, 6.07) is 16.7. The molecule has 2 aliphatic rings. The van der Waals surface area contributed by atoms with E-state index in [9.17, 15) is 14.0 Å². The summed E-state index contributed by atoms with van der Waals surface area (Å²) in [6.07, 6.45) is 3.25. The fraction of sp³-hybridized carbons (Fsp3) is 0.406. The lowest BCUT2D eigenvalue weighted by atomic mass is 10.1. The molecule has 1 atom stereocenters. The van der Waals surface area contributed by atoms with Crippen LogP contribution in [0.2, 0.25) is 0 Å². The van der Waals surface area contributed by atoms with E-state index < -0.39 is 6.04 Å². The van der Waals surface area contributed by atoms with Gasteiger partial charge in [-0.3, -0.25) is 19.4 Å². The first-order valence-corrected chi connectivity index (χ1v) is 15.2. The van der Waals surface area contributed by atoms with Crippen molar-refractivity contribution in [2.75, 3.05) is 56.1 Å². The molecule has 228 valence electrons. The number of nitrogens with zero attached hydrogens (tertiary/aromatic N) is 4. The molecule has 0 unspecified atom stereocenters. The van der Waals surface area contributed by atoms with Crippen LogP contribution in [0.15, 0.2) is 71.3 Å². The number of carbonyl (C=O) groups excluding carboxylic acids is 2. The van der Waals surface area contributed by atoms with Gasteiger partial charge in [-0.1, -0.05) is 6.92 Å². The highest BCUT2D eigenvalue weighted by Crippen LogP contribution is 2.25. The number of thiocarbonyl (C=S) groups is 1. The van der Waals surface area contributed by atoms with E-state index in [1.165, 1.54) is 17.0 Å². The standard InChI is InChI=1S/C32H38FN5O4S/c1-2-20-41-27-12-8-25(9-13-27)34-30(39)22-29-31(40)38(23-28-5-3-21-42-28)32(43)37(29)15-4-14-35-16-18-36(19-17-35)26-10-6-24(33)7-11-26/h3,5-13,21,29H,2,4,14-20,22-23H2,1H3,(H,34,39)/t29-/m1/s1. The average Bonchev–Trinajstić information content (AvgIpc) is 3.61. The summed E-state index contributed by atoms with van der Waals surface area (Å²) < 4.78 is 24.4. The second kappa shape index (κ2) is 14.5. The molecule has 5 rings (SSSR count). The van der Waals surface area contributed by atoms with Crippen LogP contribution in [0.4, 0.5) is 15.8 Å². The number of ether oxygens (including phenoxy) is 1. The van der Waals surface area contributed by atoms with Gasteiger partial charge in [-0.25, -0.2) is 4.39 Å². The van der Waals surface area contributed by atoms with Crippen LogP contribution in [0.5, 0.6) is 5.75 Å². The minimum absolute atomic E-state index is 0.0158. The maximum atomic E-state index is 13.6. The van der Waals surface area contributed by atoms with Crippen molar-refractivity contribution in [3.05, 3.63) is 78.5 Å². The molecule has 43 heavy (non-hydrogen) atoms. The quantitative estimate of drug-likeness (QED) is 0.279. The molecule has 0 bridgehead atoms. The summed E-state index contributed by atoms with van der Waals surface area (Å²) in [4.78, 5) is 34.7. The summed E-state index contributed by atoms with van der Waals surface area (Å²) in [6.45, 7) is 7.79. The third kappa shape index (κ3) is 7.91. The molecular weight excluding hydrogens is 569 g/mol. The average molecular weight is 608 g/mol. The molecule has 11 heteroatoms. The Morgan fingerprint density at radius 3 is 2.47 bits per heavy atom. The third-order valence-electron chi connectivity index (χ3n) is 7.73. The predicted molar refractivity (Wildman–Crippen MR) is 167 cm³/mol. The Balaban J connectivity index is 1.17. The number of piperazine rings is 1. The molecule has 3 aromatic rings. The number of benzene rings is 2. The lowest BCUT2D eigenvalue weighted by Crippen LogP contribution is -2.47. The summed E-state index contributed by atoms with van der Waals surface area (Å²) in [5.41, 5.74) is 1.67. The lowest BCUT2D eigenvalue weighted by molar-refractivity contribution is -0.131. The van der Waals surface area contributed by atoms with Crippen LogP contribution in [0.1, 0.15) is 31.9 Å². The summed E-state index contributed by atoms with van der Waals surface area (Å²) in [5.74, 6) is 0.682. The SMILES string of the molecule is CCCOc1ccc(NC(=O)C[C@@H]2C(=O)N(Cc3ccco3)C(=S)N2CCCN2CCN(c3ccc(F)cc3)CC2)cc1. The first kappa shape index (κ1) is 30.5. The zero-order valence-corrected chi connectivity index (χ0v) is 25.2. The first-order valence-electron chi connectivity index (χ1n) is 14.8. The van der Waals surface area contributed by atoms with E-state index in [0.717, 1.165) is 57.0 Å². The molecular formula is C32H38FN5O4S. The van der Waals surface area contributed by atoms with Gasteiger partial charge in [0, 0.05) is 44.1 Å². The maximum absolute atomic E-state index is 13.6. The molecule has 2 aromatic carbocycles. The van der Waals surface area contributed by atoms with E-state index in [1.807, 2.05) is 36.1 Å². The van der Waals surface area contributed by atoms with Gasteiger partial charge in [-0.05, 0) is 92.3 Å². The fourth-order valence-electron chi connectivity index (χ4n) is 5.44. The van der Waals surface area contributed by atoms with E-state index in [1.54, 1.807) is 30.5 Å². The van der Waals surface area contributed by atoms with E-state index in [2.05, 4.69) is 15.1 Å². The highest BCUT2D eigenvalue weighted by Gasteiger charge is 2.43. The largest absolute Gasteiger partial charge is 0.494 e. The van der Waals surface area contributed by atoms with Gasteiger partial charge in [0.05, 0.1) is 25.8 Å². The molecule has 0 radical (unpaired) electrons. The second-order valence-corrected chi connectivity index (χ2v) is 11.1. The predicted octanol–water partition coefficient (Wildman–Crippen LogP) is 4.75. The minimum atomic E-state index is -0.690. The van der Waals surface area contributed by atoms with Gasteiger partial charge < -0.3 is 24.3 Å². The fourth-order valence-corrected chi connectivity index (χ4v) is 5.81. The minimum Gasteiger partial charge on any atom is -0.494 e. The molecule has 3 heterocycles. The number of halogens is 1. The Hall–Kier alpha value is -3.96. The topological polar surface area (TPSA) is 81.5 Å². The highest BCUT2D eigenvalue weighted by molar-refractivity contribution is 7.80. The van der Waals surface area contributed by atoms with Gasteiger partial charge in [0.1, 0.15) is 23.4 Å². The molecule has 0 aliphatic carbocycles. The van der Waals surface area contributed by atoms with E-state index in [0.29, 0.717) is 29.7 Å². The summed E-state index contributed by atoms with van der Waals surface area (Å²) >= 11 is 5.77. The Bertz CT molecular complexity index is 1360. The van der Waals surface area contributed by atoms with Crippen molar-refractivity contribution in [1.29, 1.82) is 0 Å². The molecule has 2 fully saturated rings. The van der Waals surface area contributed by atoms with Gasteiger partial charge in [-0.2, -0.15) is 0 Å². The lowest BCUT2D eigenvalue weighted by Gasteiger charge is -2.36. The first-order chi connectivity index (χ1) is 20.9. The van der Waals surface area contributed by atoms with Gasteiger partial charge in [0.2, 0.25) is 5.91 Å². The van der Waals surface area contributed by atoms with Crippen molar-refractivity contribution >= 4 is 40.5 Å². The Morgan fingerprint density at radius 1 is 1.05 bits per heavy atom. The Labute approximate surface area is 257 Å². The highest BCUT2D eigenvalue weighted by atomic mass is 32.1. The second-order valence-electron chi connectivity index (χ2n) is 10.8. The number of amides is 2. The van der Waals surface area contributed by atoms with Crippen LogP contribution in [0.25, 0.3) is 0 Å². The van der Waals surface area contributed by atoms with Crippen LogP contribution in [-0.4, -0.2) is 83.5 Å². The van der Waals surface area contributed by atoms with Crippen LogP contribution >= 0.6 is 12.2 Å². The van der Waals surface area contributed by atoms with E-state index in [-0.39, 0.29) is 30.6 Å². The van der Waals surface area contributed by atoms with Crippen molar-refractivity contribution < 1.29 is 23.1 Å². The normalized spacial score (nSPS) is 17.5. The van der Waals surface area contributed by atoms with Crippen molar-refractivity contribution in [3.8, 4) is 5.75 Å². The van der Waals surface area contributed by atoms with Crippen LogP contribution in [-0.2, 0) is 16.1 Å². The van der Waals surface area contributed by atoms with Crippen LogP contribution < -0.4 is 15.0 Å². The Kier molecular flexibility index (Phi) is 10.3. The van der Waals surface area contributed by atoms with Gasteiger partial charge in [-0.15, -0.1) is 0 Å². The van der Waals surface area contributed by atoms with E-state index in [4.69, 9.17) is 21.4 Å². The molecule has 2 aliphatic heterocycles. The molecule has 1 aromatic heterocycles. The number of carbonyl (C=O) groups is 2. The van der Waals surface area contributed by atoms with E-state index >= 15 is 0 Å². The van der Waals surface area contributed by atoms with Gasteiger partial charge in [0.25, 0.3) is 5.91 Å². The Morgan fingerprint density at radius 2 is 1.79 bits per heavy atom. The number of furan rings is 1. The molecule has 0 saturated carbocycles. The van der Waals surface area contributed by atoms with Gasteiger partial charge >= 0.3 is 0 Å². The van der Waals surface area contributed by atoms with Crippen molar-refractivity contribution in [1.82, 2.24) is 14.7 Å². The monoisotopic (exact) mass is 607 g/mol. The number of hydrogen-bond acceptors (Lipinski definition) is 7.